The molecule has 0 unspecified atom stereocenters. The van der Waals surface area contributed by atoms with E-state index in [4.69, 9.17) is 15.7 Å². The van der Waals surface area contributed by atoms with Crippen LogP contribution in [-0.2, 0) is 4.79 Å². The summed E-state index contributed by atoms with van der Waals surface area (Å²) < 4.78 is 5.84. The Morgan fingerprint density at radius 2 is 1.86 bits per heavy atom. The van der Waals surface area contributed by atoms with E-state index in [0.717, 1.165) is 44.4 Å². The Bertz CT molecular complexity index is 661. The van der Waals surface area contributed by atoms with Gasteiger partial charge < -0.3 is 15.4 Å². The summed E-state index contributed by atoms with van der Waals surface area (Å²) in [6.45, 7) is 1.39. The summed E-state index contributed by atoms with van der Waals surface area (Å²) in [6, 6.07) is 9.13. The number of ether oxygens (including phenoxy) is 1. The van der Waals surface area contributed by atoms with Gasteiger partial charge in [-0.05, 0) is 55.9 Å². The number of carbonyl (C=O) groups is 1. The zero-order valence-corrected chi connectivity index (χ0v) is 16.8. The van der Waals surface area contributed by atoms with E-state index >= 15 is 0 Å². The van der Waals surface area contributed by atoms with Gasteiger partial charge in [-0.1, -0.05) is 32.1 Å². The number of likely N-dealkylation sites (tertiary alicyclic amines) is 1. The monoisotopic (exact) mass is 383 g/mol. The summed E-state index contributed by atoms with van der Waals surface area (Å²) in [4.78, 5) is 15.0. The van der Waals surface area contributed by atoms with Crippen LogP contribution >= 0.6 is 0 Å². The molecule has 2 atom stereocenters. The van der Waals surface area contributed by atoms with Crippen molar-refractivity contribution in [3.8, 4) is 11.8 Å². The quantitative estimate of drug-likeness (QED) is 0.771. The Kier molecular flexibility index (Phi) is 7.73. The van der Waals surface area contributed by atoms with Gasteiger partial charge in [0.15, 0.2) is 0 Å². The van der Waals surface area contributed by atoms with Crippen LogP contribution in [0.3, 0.4) is 0 Å². The molecule has 3 rings (SSSR count). The summed E-state index contributed by atoms with van der Waals surface area (Å²) in [6.07, 6.45) is 11.2. The van der Waals surface area contributed by atoms with Crippen molar-refractivity contribution in [2.75, 3.05) is 13.2 Å². The van der Waals surface area contributed by atoms with Crippen LogP contribution in [-0.4, -0.2) is 36.0 Å². The number of nitrogens with two attached hydrogens (primary N) is 1. The van der Waals surface area contributed by atoms with Crippen LogP contribution in [0, 0.1) is 17.2 Å². The number of rotatable bonds is 7. The van der Waals surface area contributed by atoms with Gasteiger partial charge in [-0.3, -0.25) is 4.79 Å². The van der Waals surface area contributed by atoms with Crippen LogP contribution in [0.15, 0.2) is 24.3 Å². The molecule has 1 aromatic carbocycles. The first-order chi connectivity index (χ1) is 13.7. The van der Waals surface area contributed by atoms with Crippen molar-refractivity contribution in [1.82, 2.24) is 4.90 Å². The number of hydrogen-bond donors (Lipinski definition) is 1. The Labute approximate surface area is 168 Å². The first kappa shape index (κ1) is 20.7. The third kappa shape index (κ3) is 5.72. The van der Waals surface area contributed by atoms with Gasteiger partial charge in [0.1, 0.15) is 5.75 Å². The maximum Gasteiger partial charge on any atom is 0.239 e. The highest BCUT2D eigenvalue weighted by Crippen LogP contribution is 2.28. The van der Waals surface area contributed by atoms with E-state index in [1.165, 1.54) is 32.1 Å². The Morgan fingerprint density at radius 1 is 1.14 bits per heavy atom. The summed E-state index contributed by atoms with van der Waals surface area (Å²) in [5.41, 5.74) is 6.97. The van der Waals surface area contributed by atoms with E-state index in [9.17, 15) is 4.79 Å². The van der Waals surface area contributed by atoms with Crippen LogP contribution in [0.2, 0.25) is 0 Å². The maximum atomic E-state index is 13.0. The SMILES string of the molecule is N#Cc1ccc(OCC[C@@H]2CCCCN2C(=O)[C@H](N)CC2CCCCC2)cc1. The fourth-order valence-electron chi connectivity index (χ4n) is 4.63. The Balaban J connectivity index is 1.49. The topological polar surface area (TPSA) is 79.3 Å². The maximum absolute atomic E-state index is 13.0. The first-order valence-corrected chi connectivity index (χ1v) is 10.9. The minimum atomic E-state index is -0.358. The molecular formula is C23H33N3O2. The van der Waals surface area contributed by atoms with Crippen molar-refractivity contribution in [2.45, 2.75) is 76.3 Å². The summed E-state index contributed by atoms with van der Waals surface area (Å²) in [5, 5.41) is 8.87. The largest absolute Gasteiger partial charge is 0.494 e. The van der Waals surface area contributed by atoms with Crippen LogP contribution in [0.25, 0.3) is 0 Å². The first-order valence-electron chi connectivity index (χ1n) is 10.9. The van der Waals surface area contributed by atoms with Crippen molar-refractivity contribution in [3.63, 3.8) is 0 Å². The van der Waals surface area contributed by atoms with Crippen LogP contribution in [0.5, 0.6) is 5.75 Å². The van der Waals surface area contributed by atoms with Gasteiger partial charge in [0.2, 0.25) is 5.91 Å². The van der Waals surface area contributed by atoms with Crippen molar-refractivity contribution in [2.24, 2.45) is 11.7 Å². The van der Waals surface area contributed by atoms with Gasteiger partial charge in [-0.2, -0.15) is 5.26 Å². The molecule has 0 radical (unpaired) electrons. The molecule has 0 bridgehead atoms. The molecule has 5 nitrogen and oxygen atoms in total. The lowest BCUT2D eigenvalue weighted by Gasteiger charge is -2.38. The smallest absolute Gasteiger partial charge is 0.239 e. The van der Waals surface area contributed by atoms with E-state index in [1.807, 2.05) is 17.0 Å². The molecule has 2 aliphatic rings. The van der Waals surface area contributed by atoms with E-state index in [0.29, 0.717) is 18.1 Å². The van der Waals surface area contributed by atoms with Gasteiger partial charge in [0.25, 0.3) is 0 Å². The molecular weight excluding hydrogens is 350 g/mol. The van der Waals surface area contributed by atoms with Crippen LogP contribution in [0.1, 0.15) is 69.8 Å². The molecule has 2 fully saturated rings. The number of amides is 1. The molecule has 0 aromatic heterocycles. The fourth-order valence-corrected chi connectivity index (χ4v) is 4.63. The third-order valence-electron chi connectivity index (χ3n) is 6.24. The number of hydrogen-bond acceptors (Lipinski definition) is 4. The Hall–Kier alpha value is -2.06. The van der Waals surface area contributed by atoms with E-state index in [1.54, 1.807) is 12.1 Å². The van der Waals surface area contributed by atoms with Gasteiger partial charge >= 0.3 is 0 Å². The molecule has 0 spiro atoms. The molecule has 1 saturated carbocycles. The van der Waals surface area contributed by atoms with E-state index in [-0.39, 0.29) is 18.0 Å². The van der Waals surface area contributed by atoms with E-state index in [2.05, 4.69) is 6.07 Å². The lowest BCUT2D eigenvalue weighted by atomic mass is 9.84. The number of nitriles is 1. The highest BCUT2D eigenvalue weighted by molar-refractivity contribution is 5.82. The number of benzene rings is 1. The minimum Gasteiger partial charge on any atom is -0.494 e. The molecule has 28 heavy (non-hydrogen) atoms. The molecule has 2 N–H and O–H groups in total. The Morgan fingerprint density at radius 3 is 2.57 bits per heavy atom. The third-order valence-corrected chi connectivity index (χ3v) is 6.24. The van der Waals surface area contributed by atoms with Gasteiger partial charge in [-0.25, -0.2) is 0 Å². The average molecular weight is 384 g/mol. The summed E-state index contributed by atoms with van der Waals surface area (Å²) in [5.74, 6) is 1.52. The van der Waals surface area contributed by atoms with Crippen molar-refractivity contribution < 1.29 is 9.53 Å². The predicted molar refractivity (Wildman–Crippen MR) is 110 cm³/mol. The lowest BCUT2D eigenvalue weighted by Crippen LogP contribution is -2.51. The second-order valence-electron chi connectivity index (χ2n) is 8.30. The van der Waals surface area contributed by atoms with Crippen LogP contribution in [0.4, 0.5) is 0 Å². The predicted octanol–water partition coefficient (Wildman–Crippen LogP) is 4.01. The standard InChI is InChI=1S/C23H33N3O2/c24-17-19-9-11-21(12-10-19)28-15-13-20-8-4-5-14-26(20)23(27)22(25)16-18-6-2-1-3-7-18/h9-12,18,20,22H,1-8,13-16,25H2/t20-,22+/m0/s1. The highest BCUT2D eigenvalue weighted by atomic mass is 16.5. The molecule has 1 heterocycles. The second kappa shape index (κ2) is 10.5. The molecule has 1 saturated heterocycles. The van der Waals surface area contributed by atoms with Gasteiger partial charge in [0.05, 0.1) is 24.3 Å². The normalized spacial score (nSPS) is 21.7. The second-order valence-corrected chi connectivity index (χ2v) is 8.30. The zero-order chi connectivity index (χ0) is 19.8. The van der Waals surface area contributed by atoms with Gasteiger partial charge in [0, 0.05) is 19.0 Å². The number of nitrogens with zero attached hydrogens (tertiary/aromatic N) is 2. The minimum absolute atomic E-state index is 0.133. The summed E-state index contributed by atoms with van der Waals surface area (Å²) >= 11 is 0. The average Bonchev–Trinajstić information content (AvgIpc) is 2.75. The summed E-state index contributed by atoms with van der Waals surface area (Å²) in [7, 11) is 0. The van der Waals surface area contributed by atoms with Crippen molar-refractivity contribution in [3.05, 3.63) is 29.8 Å². The van der Waals surface area contributed by atoms with Gasteiger partial charge in [-0.15, -0.1) is 0 Å². The molecule has 1 aliphatic carbocycles. The molecule has 5 heteroatoms. The zero-order valence-electron chi connectivity index (χ0n) is 16.8. The number of carbonyl (C=O) groups excluding carboxylic acids is 1. The van der Waals surface area contributed by atoms with Crippen molar-refractivity contribution >= 4 is 5.91 Å². The molecule has 1 aliphatic heterocycles. The number of piperidine rings is 1. The van der Waals surface area contributed by atoms with Crippen LogP contribution < -0.4 is 10.5 Å². The van der Waals surface area contributed by atoms with Crippen molar-refractivity contribution in [1.29, 1.82) is 5.26 Å². The fraction of sp³-hybridized carbons (Fsp3) is 0.652. The lowest BCUT2D eigenvalue weighted by molar-refractivity contribution is -0.137. The van der Waals surface area contributed by atoms with E-state index < -0.39 is 0 Å². The highest BCUT2D eigenvalue weighted by Gasteiger charge is 2.31. The molecule has 1 amide bonds. The molecule has 152 valence electrons. The molecule has 1 aromatic rings.